The van der Waals surface area contributed by atoms with Crippen LogP contribution < -0.4 is 15.4 Å². The molecule has 1 aliphatic heterocycles. The Bertz CT molecular complexity index is 1250. The molecule has 2 atom stereocenters. The van der Waals surface area contributed by atoms with Crippen LogP contribution in [-0.4, -0.2) is 85.8 Å². The van der Waals surface area contributed by atoms with Gasteiger partial charge in [-0.15, -0.1) is 0 Å². The number of benzene rings is 2. The normalized spacial score (nSPS) is 16.4. The molecule has 3 aromatic rings. The second kappa shape index (κ2) is 12.0. The van der Waals surface area contributed by atoms with Crippen LogP contribution in [0.25, 0.3) is 10.9 Å². The SMILES string of the molecule is CN(C)CC(CC(=O)Nc1cc2c(Nc3ccc(F)c(Cl)c3)ncnc2cc1O[C@H]1CCOC1)N(C)C. The summed E-state index contributed by atoms with van der Waals surface area (Å²) in [6.45, 7) is 1.85. The molecule has 1 amide bonds. The predicted molar refractivity (Wildman–Crippen MR) is 143 cm³/mol. The molecule has 2 heterocycles. The van der Waals surface area contributed by atoms with E-state index in [2.05, 4.69) is 25.5 Å². The smallest absolute Gasteiger partial charge is 0.226 e. The summed E-state index contributed by atoms with van der Waals surface area (Å²) in [5.74, 6) is 0.356. The van der Waals surface area contributed by atoms with E-state index < -0.39 is 5.82 Å². The van der Waals surface area contributed by atoms with Gasteiger partial charge in [-0.05, 0) is 52.5 Å². The first-order valence-electron chi connectivity index (χ1n) is 12.1. The van der Waals surface area contributed by atoms with E-state index >= 15 is 0 Å². The minimum absolute atomic E-state index is 0.000969. The number of carbonyl (C=O) groups excluding carboxylic acids is 1. The van der Waals surface area contributed by atoms with Crippen LogP contribution in [0.15, 0.2) is 36.7 Å². The maximum Gasteiger partial charge on any atom is 0.226 e. The molecule has 1 aromatic heterocycles. The summed E-state index contributed by atoms with van der Waals surface area (Å²) in [6, 6.07) is 7.95. The number of anilines is 3. The van der Waals surface area contributed by atoms with E-state index in [0.717, 1.165) is 13.0 Å². The Balaban J connectivity index is 1.66. The molecule has 0 aliphatic carbocycles. The number of hydrogen-bond acceptors (Lipinski definition) is 8. The van der Waals surface area contributed by atoms with Crippen molar-refractivity contribution in [3.05, 3.63) is 47.5 Å². The number of nitrogens with zero attached hydrogens (tertiary/aromatic N) is 4. The summed E-state index contributed by atoms with van der Waals surface area (Å²) in [7, 11) is 7.89. The molecular formula is C26H32ClFN6O3. The Hall–Kier alpha value is -3.05. The molecule has 1 unspecified atom stereocenters. The Labute approximate surface area is 220 Å². The maximum absolute atomic E-state index is 13.6. The first-order chi connectivity index (χ1) is 17.7. The zero-order valence-corrected chi connectivity index (χ0v) is 22.2. The van der Waals surface area contributed by atoms with Crippen LogP contribution in [0.5, 0.6) is 5.75 Å². The van der Waals surface area contributed by atoms with Crippen molar-refractivity contribution in [1.29, 1.82) is 0 Å². The average Bonchev–Trinajstić information content (AvgIpc) is 3.34. The van der Waals surface area contributed by atoms with Gasteiger partial charge in [0, 0.05) is 42.6 Å². The van der Waals surface area contributed by atoms with Gasteiger partial charge in [-0.2, -0.15) is 0 Å². The van der Waals surface area contributed by atoms with Gasteiger partial charge in [-0.25, -0.2) is 14.4 Å². The average molecular weight is 531 g/mol. The maximum atomic E-state index is 13.6. The van der Waals surface area contributed by atoms with Crippen LogP contribution in [-0.2, 0) is 9.53 Å². The highest BCUT2D eigenvalue weighted by atomic mass is 35.5. The van der Waals surface area contributed by atoms with Gasteiger partial charge in [0.25, 0.3) is 0 Å². The fourth-order valence-corrected chi connectivity index (χ4v) is 4.30. The van der Waals surface area contributed by atoms with Gasteiger partial charge < -0.3 is 29.9 Å². The molecular weight excluding hydrogens is 499 g/mol. The number of ether oxygens (including phenoxy) is 2. The molecule has 1 aliphatic rings. The Morgan fingerprint density at radius 2 is 2.05 bits per heavy atom. The van der Waals surface area contributed by atoms with Crippen molar-refractivity contribution in [1.82, 2.24) is 19.8 Å². The van der Waals surface area contributed by atoms with Crippen LogP contribution in [0, 0.1) is 5.82 Å². The number of nitrogens with one attached hydrogen (secondary N) is 2. The summed E-state index contributed by atoms with van der Waals surface area (Å²) in [5, 5.41) is 6.86. The van der Waals surface area contributed by atoms with Crippen molar-refractivity contribution in [2.24, 2.45) is 0 Å². The number of hydrogen-bond donors (Lipinski definition) is 2. The van der Waals surface area contributed by atoms with E-state index in [1.165, 1.54) is 18.5 Å². The predicted octanol–water partition coefficient (Wildman–Crippen LogP) is 4.15. The lowest BCUT2D eigenvalue weighted by atomic mass is 10.1. The fraction of sp³-hybridized carbons (Fsp3) is 0.423. The zero-order chi connectivity index (χ0) is 26.5. The van der Waals surface area contributed by atoms with E-state index in [4.69, 9.17) is 21.1 Å². The van der Waals surface area contributed by atoms with Crippen molar-refractivity contribution in [2.75, 3.05) is 58.6 Å². The fourth-order valence-electron chi connectivity index (χ4n) is 4.12. The van der Waals surface area contributed by atoms with Crippen LogP contribution in [0.2, 0.25) is 5.02 Å². The molecule has 1 fully saturated rings. The highest BCUT2D eigenvalue weighted by Gasteiger charge is 2.22. The number of carbonyl (C=O) groups is 1. The van der Waals surface area contributed by atoms with Gasteiger partial charge in [-0.1, -0.05) is 11.6 Å². The van der Waals surface area contributed by atoms with Crippen LogP contribution in [0.1, 0.15) is 12.8 Å². The van der Waals surface area contributed by atoms with Gasteiger partial charge >= 0.3 is 0 Å². The third-order valence-electron chi connectivity index (χ3n) is 6.10. The molecule has 37 heavy (non-hydrogen) atoms. The van der Waals surface area contributed by atoms with Gasteiger partial charge in [-0.3, -0.25) is 4.79 Å². The highest BCUT2D eigenvalue weighted by molar-refractivity contribution is 6.31. The highest BCUT2D eigenvalue weighted by Crippen LogP contribution is 2.35. The summed E-state index contributed by atoms with van der Waals surface area (Å²) in [4.78, 5) is 26.0. The number of amides is 1. The van der Waals surface area contributed by atoms with Crippen molar-refractivity contribution in [3.63, 3.8) is 0 Å². The minimum Gasteiger partial charge on any atom is -0.486 e. The van der Waals surface area contributed by atoms with Gasteiger partial charge in [0.2, 0.25) is 5.91 Å². The molecule has 0 spiro atoms. The summed E-state index contributed by atoms with van der Waals surface area (Å²) in [5.41, 5.74) is 1.70. The van der Waals surface area contributed by atoms with E-state index in [9.17, 15) is 9.18 Å². The number of rotatable bonds is 10. The van der Waals surface area contributed by atoms with Crippen molar-refractivity contribution < 1.29 is 18.7 Å². The second-order valence-electron chi connectivity index (χ2n) is 9.58. The molecule has 0 saturated carbocycles. The Morgan fingerprint density at radius 3 is 2.73 bits per heavy atom. The molecule has 4 rings (SSSR count). The molecule has 2 N–H and O–H groups in total. The molecule has 1 saturated heterocycles. The topological polar surface area (TPSA) is 91.9 Å². The Kier molecular flexibility index (Phi) is 8.75. The largest absolute Gasteiger partial charge is 0.486 e. The molecule has 198 valence electrons. The van der Waals surface area contributed by atoms with Crippen LogP contribution >= 0.6 is 11.6 Å². The van der Waals surface area contributed by atoms with Crippen molar-refractivity contribution in [2.45, 2.75) is 25.0 Å². The summed E-state index contributed by atoms with van der Waals surface area (Å²) in [6.07, 6.45) is 2.38. The summed E-state index contributed by atoms with van der Waals surface area (Å²) < 4.78 is 25.3. The zero-order valence-electron chi connectivity index (χ0n) is 21.4. The first kappa shape index (κ1) is 27.0. The lowest BCUT2D eigenvalue weighted by Gasteiger charge is -2.27. The van der Waals surface area contributed by atoms with Crippen molar-refractivity contribution >= 4 is 45.6 Å². The number of likely N-dealkylation sites (N-methyl/N-ethyl adjacent to an activating group) is 2. The van der Waals surface area contributed by atoms with E-state index in [0.29, 0.717) is 53.5 Å². The quantitative estimate of drug-likeness (QED) is 0.404. The molecule has 2 aromatic carbocycles. The molecule has 0 radical (unpaired) electrons. The monoisotopic (exact) mass is 530 g/mol. The van der Waals surface area contributed by atoms with E-state index in [1.54, 1.807) is 18.2 Å². The Morgan fingerprint density at radius 1 is 1.24 bits per heavy atom. The van der Waals surface area contributed by atoms with Crippen molar-refractivity contribution in [3.8, 4) is 5.75 Å². The lowest BCUT2D eigenvalue weighted by Crippen LogP contribution is -2.40. The molecule has 0 bridgehead atoms. The van der Waals surface area contributed by atoms with Gasteiger partial charge in [0.05, 0.1) is 29.4 Å². The summed E-state index contributed by atoms with van der Waals surface area (Å²) >= 11 is 5.95. The molecule has 9 nitrogen and oxygen atoms in total. The minimum atomic E-state index is -0.507. The second-order valence-corrected chi connectivity index (χ2v) is 9.98. The van der Waals surface area contributed by atoms with Gasteiger partial charge in [0.15, 0.2) is 0 Å². The van der Waals surface area contributed by atoms with Gasteiger partial charge in [0.1, 0.15) is 29.8 Å². The number of halogens is 2. The lowest BCUT2D eigenvalue weighted by molar-refractivity contribution is -0.117. The van der Waals surface area contributed by atoms with Crippen LogP contribution in [0.3, 0.4) is 0 Å². The van der Waals surface area contributed by atoms with Crippen LogP contribution in [0.4, 0.5) is 21.6 Å². The third-order valence-corrected chi connectivity index (χ3v) is 6.39. The van der Waals surface area contributed by atoms with E-state index in [1.807, 2.05) is 33.1 Å². The number of aromatic nitrogens is 2. The first-order valence-corrected chi connectivity index (χ1v) is 12.4. The number of fused-ring (bicyclic) bond motifs is 1. The van der Waals surface area contributed by atoms with E-state index in [-0.39, 0.29) is 23.1 Å². The third kappa shape index (κ3) is 7.04. The molecule has 11 heteroatoms. The standard InChI is InChI=1S/C26H32ClFN6O3/c1-33(2)13-17(34(3)4)10-25(35)32-23-11-19-22(12-24(23)37-18-7-8-36-14-18)29-15-30-26(19)31-16-5-6-21(28)20(27)9-16/h5-6,9,11-12,15,17-18H,7-8,10,13-14H2,1-4H3,(H,32,35)(H,29,30,31)/t17?,18-/m0/s1.